The van der Waals surface area contributed by atoms with E-state index in [1.165, 1.54) is 18.2 Å². The minimum absolute atomic E-state index is 0.0220. The van der Waals surface area contributed by atoms with Gasteiger partial charge in [-0.1, -0.05) is 25.1 Å². The van der Waals surface area contributed by atoms with Crippen molar-refractivity contribution in [2.75, 3.05) is 0 Å². The third-order valence-electron chi connectivity index (χ3n) is 3.48. The second-order valence-corrected chi connectivity index (χ2v) is 4.70. The Morgan fingerprint density at radius 1 is 1.29 bits per heavy atom. The molecule has 4 heteroatoms. The zero-order valence-corrected chi connectivity index (χ0v) is 11.5. The van der Waals surface area contributed by atoms with Gasteiger partial charge in [0.15, 0.2) is 0 Å². The smallest absolute Gasteiger partial charge is 0.336 e. The van der Waals surface area contributed by atoms with Crippen LogP contribution in [0.25, 0.3) is 0 Å². The predicted molar refractivity (Wildman–Crippen MR) is 76.7 cm³/mol. The molecule has 3 nitrogen and oxygen atoms in total. The average molecular weight is 283 g/mol. The minimum Gasteiger partial charge on any atom is -0.478 e. The van der Waals surface area contributed by atoms with E-state index in [1.807, 2.05) is 13.0 Å². The Labute approximate surface area is 122 Å². The molecule has 0 aliphatic heterocycles. The van der Waals surface area contributed by atoms with E-state index in [2.05, 4.69) is 0 Å². The maximum absolute atomic E-state index is 14.2. The van der Waals surface area contributed by atoms with Crippen LogP contribution in [0.5, 0.6) is 0 Å². The van der Waals surface area contributed by atoms with Gasteiger partial charge in [0.25, 0.3) is 0 Å². The highest BCUT2D eigenvalue weighted by Gasteiger charge is 2.23. The largest absolute Gasteiger partial charge is 0.478 e. The predicted octanol–water partition coefficient (Wildman–Crippen LogP) is 3.94. The number of carboxylic acid groups (broad SMARTS) is 1. The first kappa shape index (κ1) is 14.7. The van der Waals surface area contributed by atoms with Crippen LogP contribution in [0.4, 0.5) is 4.39 Å². The molecule has 2 aromatic rings. The van der Waals surface area contributed by atoms with Crippen LogP contribution >= 0.6 is 0 Å². The molecule has 2 rings (SSSR count). The molecule has 0 fully saturated rings. The van der Waals surface area contributed by atoms with Crippen LogP contribution in [0.3, 0.4) is 0 Å². The van der Waals surface area contributed by atoms with Crippen molar-refractivity contribution in [3.05, 3.63) is 70.5 Å². The Morgan fingerprint density at radius 3 is 2.48 bits per heavy atom. The quantitative estimate of drug-likeness (QED) is 0.924. The molecule has 0 spiro atoms. The van der Waals surface area contributed by atoms with E-state index in [0.29, 0.717) is 12.0 Å². The summed E-state index contributed by atoms with van der Waals surface area (Å²) in [7, 11) is 0. The number of carbonyl (C=O) groups is 1. The lowest BCUT2D eigenvalue weighted by Gasteiger charge is -2.19. The summed E-state index contributed by atoms with van der Waals surface area (Å²) in [6.07, 6.45) is 0.563. The van der Waals surface area contributed by atoms with E-state index < -0.39 is 11.8 Å². The van der Waals surface area contributed by atoms with Crippen molar-refractivity contribution in [3.8, 4) is 6.07 Å². The van der Waals surface area contributed by atoms with Crippen LogP contribution < -0.4 is 0 Å². The van der Waals surface area contributed by atoms with Crippen LogP contribution in [0.2, 0.25) is 0 Å². The van der Waals surface area contributed by atoms with E-state index in [1.54, 1.807) is 24.3 Å². The molecule has 106 valence electrons. The number of benzene rings is 2. The van der Waals surface area contributed by atoms with Crippen molar-refractivity contribution >= 4 is 5.97 Å². The highest BCUT2D eigenvalue weighted by Crippen LogP contribution is 2.32. The van der Waals surface area contributed by atoms with Gasteiger partial charge in [0.2, 0.25) is 0 Å². The van der Waals surface area contributed by atoms with Crippen molar-refractivity contribution in [1.29, 1.82) is 5.26 Å². The minimum atomic E-state index is -1.14. The molecule has 0 heterocycles. The molecule has 0 bridgehead atoms. The van der Waals surface area contributed by atoms with Crippen LogP contribution in [0, 0.1) is 17.1 Å². The van der Waals surface area contributed by atoms with Gasteiger partial charge in [-0.15, -0.1) is 0 Å². The summed E-state index contributed by atoms with van der Waals surface area (Å²) in [6.45, 7) is 1.88. The van der Waals surface area contributed by atoms with Crippen molar-refractivity contribution in [3.63, 3.8) is 0 Å². The molecule has 0 aromatic heterocycles. The molecule has 2 aromatic carbocycles. The second kappa shape index (κ2) is 6.19. The van der Waals surface area contributed by atoms with Gasteiger partial charge in [0.1, 0.15) is 5.82 Å². The lowest BCUT2D eigenvalue weighted by atomic mass is 9.85. The lowest BCUT2D eigenvalue weighted by molar-refractivity contribution is 0.0694. The van der Waals surface area contributed by atoms with Crippen molar-refractivity contribution in [2.24, 2.45) is 0 Å². The molecule has 0 aliphatic carbocycles. The number of aromatic carboxylic acids is 1. The fraction of sp³-hybridized carbons (Fsp3) is 0.176. The topological polar surface area (TPSA) is 61.1 Å². The third kappa shape index (κ3) is 2.92. The summed E-state index contributed by atoms with van der Waals surface area (Å²) in [5.41, 5.74) is 1.48. The molecule has 1 atom stereocenters. The first-order valence-corrected chi connectivity index (χ1v) is 6.60. The average Bonchev–Trinajstić information content (AvgIpc) is 2.50. The summed E-state index contributed by atoms with van der Waals surface area (Å²) in [5, 5.41) is 18.1. The van der Waals surface area contributed by atoms with Gasteiger partial charge in [-0.25, -0.2) is 9.18 Å². The van der Waals surface area contributed by atoms with Gasteiger partial charge in [0.05, 0.1) is 17.2 Å². The molecule has 1 N–H and O–H groups in total. The van der Waals surface area contributed by atoms with Crippen LogP contribution in [0.1, 0.15) is 46.3 Å². The number of halogens is 1. The number of carboxylic acids is 1. The van der Waals surface area contributed by atoms with E-state index in [4.69, 9.17) is 5.26 Å². The summed E-state index contributed by atoms with van der Waals surface area (Å²) < 4.78 is 14.2. The van der Waals surface area contributed by atoms with Crippen molar-refractivity contribution < 1.29 is 14.3 Å². The van der Waals surface area contributed by atoms with Gasteiger partial charge in [-0.3, -0.25) is 0 Å². The first-order chi connectivity index (χ1) is 10.1. The molecule has 0 saturated heterocycles. The Hall–Kier alpha value is -2.67. The Balaban J connectivity index is 2.56. The number of rotatable bonds is 4. The molecular weight excluding hydrogens is 269 g/mol. The Kier molecular flexibility index (Phi) is 4.34. The van der Waals surface area contributed by atoms with E-state index in [-0.39, 0.29) is 17.0 Å². The van der Waals surface area contributed by atoms with E-state index in [9.17, 15) is 14.3 Å². The molecule has 0 aliphatic rings. The zero-order chi connectivity index (χ0) is 15.4. The van der Waals surface area contributed by atoms with Gasteiger partial charge in [0, 0.05) is 11.5 Å². The molecule has 1 unspecified atom stereocenters. The fourth-order valence-electron chi connectivity index (χ4n) is 2.47. The second-order valence-electron chi connectivity index (χ2n) is 4.70. The summed E-state index contributed by atoms with van der Waals surface area (Å²) in [5.74, 6) is -2.02. The van der Waals surface area contributed by atoms with Crippen molar-refractivity contribution in [1.82, 2.24) is 0 Å². The molecule has 0 saturated carbocycles. The number of nitriles is 1. The normalized spacial score (nSPS) is 11.7. The number of hydrogen-bond acceptors (Lipinski definition) is 2. The molecular formula is C17H14FNO2. The van der Waals surface area contributed by atoms with Gasteiger partial charge < -0.3 is 5.11 Å². The number of nitrogens with zero attached hydrogens (tertiary/aromatic N) is 1. The van der Waals surface area contributed by atoms with Gasteiger partial charge in [-0.05, 0) is 36.2 Å². The fourth-order valence-corrected chi connectivity index (χ4v) is 2.47. The van der Waals surface area contributed by atoms with E-state index in [0.717, 1.165) is 5.56 Å². The lowest BCUT2D eigenvalue weighted by Crippen LogP contribution is -2.10. The monoisotopic (exact) mass is 283 g/mol. The highest BCUT2D eigenvalue weighted by atomic mass is 19.1. The maximum atomic E-state index is 14.2. The number of hydrogen-bond donors (Lipinski definition) is 1. The van der Waals surface area contributed by atoms with Gasteiger partial charge in [-0.2, -0.15) is 5.26 Å². The van der Waals surface area contributed by atoms with E-state index >= 15 is 0 Å². The Morgan fingerprint density at radius 2 is 1.95 bits per heavy atom. The summed E-state index contributed by atoms with van der Waals surface area (Å²) in [4.78, 5) is 11.3. The SMILES string of the molecule is CCC(c1ccc(C#N)cc1)c1c(F)cccc1C(=O)O. The van der Waals surface area contributed by atoms with Crippen LogP contribution in [-0.4, -0.2) is 11.1 Å². The molecule has 21 heavy (non-hydrogen) atoms. The highest BCUT2D eigenvalue weighted by molar-refractivity contribution is 5.89. The zero-order valence-electron chi connectivity index (χ0n) is 11.5. The van der Waals surface area contributed by atoms with Crippen LogP contribution in [0.15, 0.2) is 42.5 Å². The maximum Gasteiger partial charge on any atom is 0.336 e. The van der Waals surface area contributed by atoms with Gasteiger partial charge >= 0.3 is 5.97 Å². The standard InChI is InChI=1S/C17H14FNO2/c1-2-13(12-8-6-11(10-19)7-9-12)16-14(17(20)21)4-3-5-15(16)18/h3-9,13H,2H2,1H3,(H,20,21). The van der Waals surface area contributed by atoms with Crippen LogP contribution in [-0.2, 0) is 0 Å². The summed E-state index contributed by atoms with van der Waals surface area (Å²) in [6, 6.07) is 12.9. The first-order valence-electron chi connectivity index (χ1n) is 6.60. The Bertz CT molecular complexity index is 702. The molecule has 0 radical (unpaired) electrons. The summed E-state index contributed by atoms with van der Waals surface area (Å²) >= 11 is 0. The van der Waals surface area contributed by atoms with Crippen molar-refractivity contribution in [2.45, 2.75) is 19.3 Å². The third-order valence-corrected chi connectivity index (χ3v) is 3.48. The molecule has 0 amide bonds.